The van der Waals surface area contributed by atoms with Crippen LogP contribution in [0.1, 0.15) is 46.2 Å². The molecule has 0 saturated carbocycles. The Labute approximate surface area is 216 Å². The second-order valence-electron chi connectivity index (χ2n) is 9.22. The molecule has 38 heavy (non-hydrogen) atoms. The van der Waals surface area contributed by atoms with E-state index in [2.05, 4.69) is 5.32 Å². The molecule has 1 amide bonds. The van der Waals surface area contributed by atoms with E-state index >= 15 is 0 Å². The van der Waals surface area contributed by atoms with Crippen molar-refractivity contribution in [3.05, 3.63) is 63.1 Å². The number of pyridine rings is 1. The minimum Gasteiger partial charge on any atom is -0.503 e. The number of ether oxygens (including phenoxy) is 2. The van der Waals surface area contributed by atoms with Gasteiger partial charge in [-0.3, -0.25) is 18.9 Å². The summed E-state index contributed by atoms with van der Waals surface area (Å²) >= 11 is 0. The van der Waals surface area contributed by atoms with Crippen LogP contribution in [0.4, 0.5) is 8.78 Å². The van der Waals surface area contributed by atoms with Crippen LogP contribution in [0.15, 0.2) is 29.2 Å². The maximum absolute atomic E-state index is 13.9. The number of methoxy groups -OCH3 is 1. The van der Waals surface area contributed by atoms with Gasteiger partial charge >= 0.3 is 7.60 Å². The maximum atomic E-state index is 13.9. The summed E-state index contributed by atoms with van der Waals surface area (Å²) in [5.41, 5.74) is -3.10. The molecule has 0 radical (unpaired) electrons. The Morgan fingerprint density at radius 2 is 1.97 bits per heavy atom. The van der Waals surface area contributed by atoms with E-state index in [4.69, 9.17) is 19.3 Å². The third-order valence-electron chi connectivity index (χ3n) is 6.55. The number of benzene rings is 1. The number of carbonyl (C=O) groups is 2. The topological polar surface area (TPSA) is 164 Å². The summed E-state index contributed by atoms with van der Waals surface area (Å²) in [5, 5.41) is 13.0. The summed E-state index contributed by atoms with van der Waals surface area (Å²) in [4.78, 5) is 56.8. The van der Waals surface area contributed by atoms with Crippen LogP contribution >= 0.6 is 7.60 Å². The molecule has 0 fully saturated rings. The number of ketones is 1. The van der Waals surface area contributed by atoms with Crippen molar-refractivity contribution >= 4 is 19.3 Å². The molecule has 1 aromatic heterocycles. The molecule has 2 atom stereocenters. The van der Waals surface area contributed by atoms with Gasteiger partial charge < -0.3 is 34.3 Å². The minimum absolute atomic E-state index is 0.00693. The highest BCUT2D eigenvalue weighted by molar-refractivity contribution is 7.51. The summed E-state index contributed by atoms with van der Waals surface area (Å²) in [6, 6.07) is 2.82. The van der Waals surface area contributed by atoms with E-state index in [1.165, 1.54) is 11.7 Å². The quantitative estimate of drug-likeness (QED) is 0.238. The lowest BCUT2D eigenvalue weighted by Crippen LogP contribution is -2.50. The predicted octanol–water partition coefficient (Wildman–Crippen LogP) is 1.95. The fourth-order valence-corrected chi connectivity index (χ4v) is 4.84. The number of fused-ring (bicyclic) bond motifs is 1. The molecule has 0 saturated heterocycles. The van der Waals surface area contributed by atoms with Crippen LogP contribution in [-0.2, 0) is 27.1 Å². The Bertz CT molecular complexity index is 1330. The van der Waals surface area contributed by atoms with E-state index in [9.17, 15) is 32.8 Å². The van der Waals surface area contributed by atoms with Gasteiger partial charge in [-0.2, -0.15) is 0 Å². The zero-order chi connectivity index (χ0) is 28.3. The summed E-state index contributed by atoms with van der Waals surface area (Å²) < 4.78 is 50.1. The number of carbonyl (C=O) groups excluding carboxylic acids is 2. The first kappa shape index (κ1) is 29.6. The number of amides is 1. The van der Waals surface area contributed by atoms with Crippen LogP contribution in [0, 0.1) is 17.0 Å². The van der Waals surface area contributed by atoms with Crippen LogP contribution in [-0.4, -0.2) is 63.7 Å². The van der Waals surface area contributed by atoms with E-state index in [1.54, 1.807) is 6.92 Å². The van der Waals surface area contributed by atoms with E-state index in [0.29, 0.717) is 6.07 Å². The lowest BCUT2D eigenvalue weighted by Gasteiger charge is -2.40. The van der Waals surface area contributed by atoms with E-state index in [1.807, 2.05) is 0 Å². The SMILES string of the molecule is COC1Cn2cc(C(=O)NCc3ccc(F)cc3F)c(=O)c(O)c2C(=O)C1(C)CCOCCCP(=O)(O)O. The molecule has 1 aromatic carbocycles. The number of halogens is 2. The Balaban J connectivity index is 1.77. The van der Waals surface area contributed by atoms with Gasteiger partial charge in [0.1, 0.15) is 22.9 Å². The molecule has 2 unspecified atom stereocenters. The first-order chi connectivity index (χ1) is 17.8. The van der Waals surface area contributed by atoms with Crippen LogP contribution in [0.5, 0.6) is 5.75 Å². The molecule has 0 bridgehead atoms. The second-order valence-corrected chi connectivity index (χ2v) is 11.0. The third-order valence-corrected chi connectivity index (χ3v) is 7.45. The number of aromatic nitrogens is 1. The van der Waals surface area contributed by atoms with Gasteiger partial charge in [0.25, 0.3) is 5.91 Å². The normalized spacial score (nSPS) is 19.3. The number of rotatable bonds is 11. The van der Waals surface area contributed by atoms with Crippen LogP contribution in [0.3, 0.4) is 0 Å². The second kappa shape index (κ2) is 11.8. The monoisotopic (exact) mass is 558 g/mol. The van der Waals surface area contributed by atoms with Crippen molar-refractivity contribution in [2.24, 2.45) is 5.41 Å². The number of hydrogen-bond acceptors (Lipinski definition) is 7. The summed E-state index contributed by atoms with van der Waals surface area (Å²) in [7, 11) is -2.75. The Morgan fingerprint density at radius 1 is 1.26 bits per heavy atom. The van der Waals surface area contributed by atoms with Crippen molar-refractivity contribution in [2.75, 3.05) is 26.5 Å². The summed E-state index contributed by atoms with van der Waals surface area (Å²) in [6.07, 6.45) is 0.311. The van der Waals surface area contributed by atoms with Crippen LogP contribution in [0.2, 0.25) is 0 Å². The van der Waals surface area contributed by atoms with Gasteiger partial charge in [-0.1, -0.05) is 6.07 Å². The fourth-order valence-electron chi connectivity index (χ4n) is 4.29. The van der Waals surface area contributed by atoms with Crippen LogP contribution < -0.4 is 10.7 Å². The molecular formula is C24H29F2N2O9P. The zero-order valence-corrected chi connectivity index (χ0v) is 21.7. The molecule has 14 heteroatoms. The highest BCUT2D eigenvalue weighted by Gasteiger charge is 2.48. The third kappa shape index (κ3) is 6.54. The van der Waals surface area contributed by atoms with Gasteiger partial charge in [-0.15, -0.1) is 0 Å². The number of nitrogens with one attached hydrogen (secondary N) is 1. The van der Waals surface area contributed by atoms with Gasteiger partial charge in [0.05, 0.1) is 24.2 Å². The van der Waals surface area contributed by atoms with Crippen molar-refractivity contribution in [3.63, 3.8) is 0 Å². The summed E-state index contributed by atoms with van der Waals surface area (Å²) in [6.45, 7) is 1.36. The molecule has 1 aliphatic heterocycles. The van der Waals surface area contributed by atoms with Crippen molar-refractivity contribution in [2.45, 2.75) is 39.0 Å². The number of Topliss-reactive ketones (excluding diaryl/α,β-unsaturated/α-hetero) is 1. The molecule has 0 spiro atoms. The van der Waals surface area contributed by atoms with Gasteiger partial charge in [-0.25, -0.2) is 8.78 Å². The first-order valence-corrected chi connectivity index (χ1v) is 13.5. The van der Waals surface area contributed by atoms with Gasteiger partial charge in [-0.05, 0) is 25.8 Å². The predicted molar refractivity (Wildman–Crippen MR) is 130 cm³/mol. The Morgan fingerprint density at radius 3 is 2.61 bits per heavy atom. The molecule has 0 aliphatic carbocycles. The minimum atomic E-state index is -4.13. The zero-order valence-electron chi connectivity index (χ0n) is 20.8. The van der Waals surface area contributed by atoms with Crippen LogP contribution in [0.25, 0.3) is 0 Å². The largest absolute Gasteiger partial charge is 0.503 e. The van der Waals surface area contributed by atoms with Crippen molar-refractivity contribution in [3.8, 4) is 5.75 Å². The average Bonchev–Trinajstić information content (AvgIpc) is 2.84. The highest BCUT2D eigenvalue weighted by atomic mass is 31.2. The molecule has 11 nitrogen and oxygen atoms in total. The van der Waals surface area contributed by atoms with E-state index in [0.717, 1.165) is 18.3 Å². The summed E-state index contributed by atoms with van der Waals surface area (Å²) in [5.74, 6) is -4.12. The molecule has 208 valence electrons. The number of nitrogens with zero attached hydrogens (tertiary/aromatic N) is 1. The number of hydrogen-bond donors (Lipinski definition) is 4. The highest BCUT2D eigenvalue weighted by Crippen LogP contribution is 2.39. The molecule has 2 heterocycles. The van der Waals surface area contributed by atoms with Gasteiger partial charge in [0, 0.05) is 44.7 Å². The average molecular weight is 558 g/mol. The Hall–Kier alpha value is -2.96. The molecule has 3 rings (SSSR count). The maximum Gasteiger partial charge on any atom is 0.325 e. The van der Waals surface area contributed by atoms with E-state index < -0.39 is 59.2 Å². The van der Waals surface area contributed by atoms with E-state index in [-0.39, 0.29) is 56.6 Å². The van der Waals surface area contributed by atoms with Gasteiger partial charge in [0.2, 0.25) is 5.43 Å². The lowest BCUT2D eigenvalue weighted by atomic mass is 9.73. The fraction of sp³-hybridized carbons (Fsp3) is 0.458. The van der Waals surface area contributed by atoms with Crippen molar-refractivity contribution < 1.29 is 47.3 Å². The first-order valence-electron chi connectivity index (χ1n) is 11.7. The van der Waals surface area contributed by atoms with Gasteiger partial charge in [0.15, 0.2) is 11.5 Å². The standard InChI is InChI=1S/C24H29F2N2O9P/c1-24(6-8-37-7-3-9-38(33,34)35)18(36-2)13-28-12-16(20(29)21(30)19(28)22(24)31)23(32)27-11-14-4-5-15(25)10-17(14)26/h4-5,10,12,18,30H,3,6-9,11,13H2,1-2H3,(H,27,32)(H2,33,34,35). The molecule has 4 N–H and O–H groups in total. The van der Waals surface area contributed by atoms with Crippen molar-refractivity contribution in [1.29, 1.82) is 0 Å². The molecule has 2 aromatic rings. The lowest BCUT2D eigenvalue weighted by molar-refractivity contribution is -0.0292. The smallest absolute Gasteiger partial charge is 0.325 e. The Kier molecular flexibility index (Phi) is 9.21. The molecule has 1 aliphatic rings. The van der Waals surface area contributed by atoms with Crippen molar-refractivity contribution in [1.82, 2.24) is 9.88 Å². The molecular weight excluding hydrogens is 529 g/mol. The number of aromatic hydroxyl groups is 1.